The lowest BCUT2D eigenvalue weighted by molar-refractivity contribution is 0.213. The van der Waals surface area contributed by atoms with E-state index in [2.05, 4.69) is 15.3 Å². The Balaban J connectivity index is 1.69. The van der Waals surface area contributed by atoms with E-state index >= 15 is 0 Å². The zero-order valence-electron chi connectivity index (χ0n) is 12.1. The van der Waals surface area contributed by atoms with Gasteiger partial charge in [0.25, 0.3) is 5.56 Å². The molecule has 6 nitrogen and oxygen atoms in total. The van der Waals surface area contributed by atoms with Crippen molar-refractivity contribution in [3.05, 3.63) is 71.1 Å². The molecule has 0 atom stereocenters. The minimum atomic E-state index is -0.233. The van der Waals surface area contributed by atoms with Crippen molar-refractivity contribution < 1.29 is 4.74 Å². The molecule has 0 unspecified atom stereocenters. The van der Waals surface area contributed by atoms with Crippen molar-refractivity contribution in [2.24, 2.45) is 0 Å². The molecule has 0 spiro atoms. The quantitative estimate of drug-likeness (QED) is 0.581. The van der Waals surface area contributed by atoms with Crippen LogP contribution in [0.5, 0.6) is 5.75 Å². The molecule has 0 saturated carbocycles. The SMILES string of the molecule is O=c1c2ccccc2nnn1COc1cccc2cccnc12. The van der Waals surface area contributed by atoms with E-state index in [1.807, 2.05) is 36.4 Å². The molecule has 4 rings (SSSR count). The Hall–Kier alpha value is -3.28. The van der Waals surface area contributed by atoms with Gasteiger partial charge in [-0.2, -0.15) is 4.68 Å². The number of pyridine rings is 1. The van der Waals surface area contributed by atoms with Crippen LogP contribution >= 0.6 is 0 Å². The first-order chi connectivity index (χ1) is 11.3. The van der Waals surface area contributed by atoms with Gasteiger partial charge in [0, 0.05) is 11.6 Å². The summed E-state index contributed by atoms with van der Waals surface area (Å²) in [4.78, 5) is 16.7. The van der Waals surface area contributed by atoms with Crippen LogP contribution in [0.2, 0.25) is 0 Å². The fourth-order valence-electron chi connectivity index (χ4n) is 2.43. The molecular weight excluding hydrogens is 292 g/mol. The van der Waals surface area contributed by atoms with Crippen molar-refractivity contribution in [1.29, 1.82) is 0 Å². The van der Waals surface area contributed by atoms with E-state index in [1.165, 1.54) is 4.68 Å². The number of benzene rings is 2. The van der Waals surface area contributed by atoms with E-state index < -0.39 is 0 Å². The first-order valence-electron chi connectivity index (χ1n) is 7.12. The summed E-state index contributed by atoms with van der Waals surface area (Å²) in [6, 6.07) is 16.6. The maximum Gasteiger partial charge on any atom is 0.280 e. The van der Waals surface area contributed by atoms with E-state index in [9.17, 15) is 4.79 Å². The molecule has 2 heterocycles. The Morgan fingerprint density at radius 1 is 1.00 bits per heavy atom. The maximum atomic E-state index is 12.4. The van der Waals surface area contributed by atoms with Gasteiger partial charge in [0.05, 0.1) is 5.39 Å². The van der Waals surface area contributed by atoms with Gasteiger partial charge in [0.1, 0.15) is 16.8 Å². The van der Waals surface area contributed by atoms with E-state index in [1.54, 1.807) is 24.4 Å². The van der Waals surface area contributed by atoms with Gasteiger partial charge in [-0.3, -0.25) is 9.78 Å². The number of hydrogen-bond donors (Lipinski definition) is 0. The monoisotopic (exact) mass is 304 g/mol. The van der Waals surface area contributed by atoms with Gasteiger partial charge in [-0.05, 0) is 24.3 Å². The Morgan fingerprint density at radius 2 is 1.87 bits per heavy atom. The van der Waals surface area contributed by atoms with E-state index in [0.717, 1.165) is 10.9 Å². The minimum absolute atomic E-state index is 0.0215. The predicted molar refractivity (Wildman–Crippen MR) is 86.2 cm³/mol. The fraction of sp³-hybridized carbons (Fsp3) is 0.0588. The van der Waals surface area contributed by atoms with E-state index in [0.29, 0.717) is 16.7 Å². The Bertz CT molecular complexity index is 1050. The highest BCUT2D eigenvalue weighted by Gasteiger charge is 2.07. The van der Waals surface area contributed by atoms with Gasteiger partial charge in [0.2, 0.25) is 0 Å². The van der Waals surface area contributed by atoms with Crippen LogP contribution < -0.4 is 10.3 Å². The molecule has 2 aromatic heterocycles. The molecule has 0 aliphatic rings. The molecule has 0 saturated heterocycles. The summed E-state index contributed by atoms with van der Waals surface area (Å²) in [5, 5.41) is 9.43. The second kappa shape index (κ2) is 5.49. The molecule has 0 aliphatic heterocycles. The third-order valence-electron chi connectivity index (χ3n) is 3.57. The van der Waals surface area contributed by atoms with Crippen molar-refractivity contribution in [2.75, 3.05) is 0 Å². The van der Waals surface area contributed by atoms with Crippen LogP contribution in [-0.2, 0) is 6.73 Å². The average Bonchev–Trinajstić information content (AvgIpc) is 2.61. The number of hydrogen-bond acceptors (Lipinski definition) is 5. The standard InChI is InChI=1S/C17H12N4O2/c22-17-13-7-1-2-8-14(13)19-20-21(17)11-23-15-9-3-5-12-6-4-10-18-16(12)15/h1-10H,11H2. The number of ether oxygens (including phenoxy) is 1. The molecule has 0 fully saturated rings. The first-order valence-corrected chi connectivity index (χ1v) is 7.12. The van der Waals surface area contributed by atoms with Crippen molar-refractivity contribution >= 4 is 21.8 Å². The number of aromatic nitrogens is 4. The highest BCUT2D eigenvalue weighted by atomic mass is 16.5. The summed E-state index contributed by atoms with van der Waals surface area (Å²) in [6.45, 7) is -0.0215. The summed E-state index contributed by atoms with van der Waals surface area (Å²) in [5.41, 5.74) is 1.08. The summed E-state index contributed by atoms with van der Waals surface area (Å²) < 4.78 is 6.93. The lowest BCUT2D eigenvalue weighted by Gasteiger charge is -2.09. The molecule has 0 radical (unpaired) electrons. The molecule has 2 aromatic carbocycles. The number of rotatable bonds is 3. The topological polar surface area (TPSA) is 69.9 Å². The Labute approximate surface area is 131 Å². The van der Waals surface area contributed by atoms with E-state index in [4.69, 9.17) is 4.74 Å². The maximum absolute atomic E-state index is 12.4. The van der Waals surface area contributed by atoms with Gasteiger partial charge in [-0.15, -0.1) is 5.10 Å². The van der Waals surface area contributed by atoms with Crippen LogP contribution in [0.25, 0.3) is 21.8 Å². The highest BCUT2D eigenvalue weighted by molar-refractivity contribution is 5.84. The van der Waals surface area contributed by atoms with Crippen molar-refractivity contribution in [3.63, 3.8) is 0 Å². The van der Waals surface area contributed by atoms with Crippen LogP contribution in [-0.4, -0.2) is 20.0 Å². The number of fused-ring (bicyclic) bond motifs is 2. The molecular formula is C17H12N4O2. The summed E-state index contributed by atoms with van der Waals surface area (Å²) in [5.74, 6) is 0.602. The van der Waals surface area contributed by atoms with Gasteiger partial charge in [-0.25, -0.2) is 0 Å². The van der Waals surface area contributed by atoms with Crippen LogP contribution in [0.1, 0.15) is 0 Å². The molecule has 0 aliphatic carbocycles. The Morgan fingerprint density at radius 3 is 2.83 bits per heavy atom. The summed E-state index contributed by atoms with van der Waals surface area (Å²) in [7, 11) is 0. The zero-order chi connectivity index (χ0) is 15.6. The zero-order valence-corrected chi connectivity index (χ0v) is 12.1. The first kappa shape index (κ1) is 13.4. The third kappa shape index (κ3) is 2.40. The lowest BCUT2D eigenvalue weighted by Crippen LogP contribution is -2.26. The molecule has 0 N–H and O–H groups in total. The molecule has 6 heteroatoms. The van der Waals surface area contributed by atoms with Gasteiger partial charge in [0.15, 0.2) is 6.73 Å². The Kier molecular flexibility index (Phi) is 3.20. The second-order valence-corrected chi connectivity index (χ2v) is 5.02. The normalized spacial score (nSPS) is 11.0. The number of nitrogens with zero attached hydrogens (tertiary/aromatic N) is 4. The van der Waals surface area contributed by atoms with Crippen molar-refractivity contribution in [2.45, 2.75) is 6.73 Å². The summed E-state index contributed by atoms with van der Waals surface area (Å²) >= 11 is 0. The molecule has 4 aromatic rings. The van der Waals surface area contributed by atoms with Gasteiger partial charge >= 0.3 is 0 Å². The molecule has 112 valence electrons. The fourth-order valence-corrected chi connectivity index (χ4v) is 2.43. The van der Waals surface area contributed by atoms with Crippen LogP contribution in [0, 0.1) is 0 Å². The largest absolute Gasteiger partial charge is 0.469 e. The lowest BCUT2D eigenvalue weighted by atomic mass is 10.2. The molecule has 0 bridgehead atoms. The van der Waals surface area contributed by atoms with Crippen LogP contribution in [0.4, 0.5) is 0 Å². The van der Waals surface area contributed by atoms with Crippen LogP contribution in [0.15, 0.2) is 65.6 Å². The van der Waals surface area contributed by atoms with Gasteiger partial charge in [-0.1, -0.05) is 35.5 Å². The summed E-state index contributed by atoms with van der Waals surface area (Å²) in [6.07, 6.45) is 1.71. The average molecular weight is 304 g/mol. The molecule has 0 amide bonds. The van der Waals surface area contributed by atoms with Crippen LogP contribution in [0.3, 0.4) is 0 Å². The predicted octanol–water partition coefficient (Wildman–Crippen LogP) is 2.38. The minimum Gasteiger partial charge on any atom is -0.469 e. The smallest absolute Gasteiger partial charge is 0.280 e. The third-order valence-corrected chi connectivity index (χ3v) is 3.57. The van der Waals surface area contributed by atoms with Crippen molar-refractivity contribution in [3.8, 4) is 5.75 Å². The van der Waals surface area contributed by atoms with Gasteiger partial charge < -0.3 is 4.74 Å². The number of para-hydroxylation sites is 1. The highest BCUT2D eigenvalue weighted by Crippen LogP contribution is 2.22. The second-order valence-electron chi connectivity index (χ2n) is 5.02. The van der Waals surface area contributed by atoms with Crippen molar-refractivity contribution in [1.82, 2.24) is 20.0 Å². The molecule has 23 heavy (non-hydrogen) atoms. The van der Waals surface area contributed by atoms with E-state index in [-0.39, 0.29) is 12.3 Å².